The van der Waals surface area contributed by atoms with Crippen LogP contribution in [0.25, 0.3) is 0 Å². The van der Waals surface area contributed by atoms with E-state index in [1.54, 1.807) is 0 Å². The first kappa shape index (κ1) is 11.4. The van der Waals surface area contributed by atoms with Crippen LogP contribution in [0.5, 0.6) is 0 Å². The van der Waals surface area contributed by atoms with Crippen LogP contribution in [0.4, 0.5) is 24.9 Å². The standard InChI is InChI=1S/C8H9F3N4/c1-12-7-13-4-5(8(9,10)11)6(14-7)15(2)3/h4H,1H2,2-3H3. The van der Waals surface area contributed by atoms with Gasteiger partial charge in [-0.3, -0.25) is 0 Å². The van der Waals surface area contributed by atoms with Gasteiger partial charge >= 0.3 is 6.18 Å². The molecule has 0 atom stereocenters. The van der Waals surface area contributed by atoms with Crippen LogP contribution in [0, 0.1) is 0 Å². The monoisotopic (exact) mass is 218 g/mol. The number of nitrogens with zero attached hydrogens (tertiary/aromatic N) is 4. The predicted octanol–water partition coefficient (Wildman–Crippen LogP) is 1.89. The van der Waals surface area contributed by atoms with E-state index in [0.29, 0.717) is 6.20 Å². The molecule has 0 aliphatic carbocycles. The van der Waals surface area contributed by atoms with Crippen LogP contribution in [0.1, 0.15) is 5.56 Å². The summed E-state index contributed by atoms with van der Waals surface area (Å²) in [4.78, 5) is 11.7. The van der Waals surface area contributed by atoms with Crippen LogP contribution in [0.2, 0.25) is 0 Å². The summed E-state index contributed by atoms with van der Waals surface area (Å²) in [6.07, 6.45) is -3.77. The molecule has 0 unspecified atom stereocenters. The van der Waals surface area contributed by atoms with Crippen LogP contribution in [-0.2, 0) is 6.18 Å². The molecule has 0 aliphatic heterocycles. The summed E-state index contributed by atoms with van der Waals surface area (Å²) in [5.74, 6) is -0.299. The number of hydrogen-bond donors (Lipinski definition) is 0. The van der Waals surface area contributed by atoms with Gasteiger partial charge in [0.2, 0.25) is 0 Å². The second-order valence-electron chi connectivity index (χ2n) is 2.96. The second kappa shape index (κ2) is 3.84. The molecule has 0 N–H and O–H groups in total. The molecule has 0 aliphatic rings. The third-order valence-electron chi connectivity index (χ3n) is 1.63. The highest BCUT2D eigenvalue weighted by Gasteiger charge is 2.35. The van der Waals surface area contributed by atoms with Crippen molar-refractivity contribution in [2.75, 3.05) is 19.0 Å². The van der Waals surface area contributed by atoms with E-state index in [0.717, 1.165) is 0 Å². The van der Waals surface area contributed by atoms with Gasteiger partial charge in [-0.05, 0) is 6.72 Å². The zero-order valence-electron chi connectivity index (χ0n) is 8.21. The van der Waals surface area contributed by atoms with E-state index in [1.807, 2.05) is 0 Å². The first-order valence-electron chi connectivity index (χ1n) is 3.94. The maximum atomic E-state index is 12.5. The molecule has 1 aromatic rings. The number of aromatic nitrogens is 2. The lowest BCUT2D eigenvalue weighted by molar-refractivity contribution is -0.137. The molecular weight excluding hydrogens is 209 g/mol. The van der Waals surface area contributed by atoms with Gasteiger partial charge in [0.05, 0.1) is 0 Å². The van der Waals surface area contributed by atoms with Crippen molar-refractivity contribution >= 4 is 18.5 Å². The maximum absolute atomic E-state index is 12.5. The molecule has 0 spiro atoms. The Morgan fingerprint density at radius 1 is 1.40 bits per heavy atom. The third-order valence-corrected chi connectivity index (χ3v) is 1.63. The van der Waals surface area contributed by atoms with Crippen molar-refractivity contribution in [2.24, 2.45) is 4.99 Å². The van der Waals surface area contributed by atoms with E-state index in [1.165, 1.54) is 19.0 Å². The molecule has 0 amide bonds. The first-order valence-corrected chi connectivity index (χ1v) is 3.94. The van der Waals surface area contributed by atoms with Gasteiger partial charge in [0.15, 0.2) is 0 Å². The topological polar surface area (TPSA) is 41.4 Å². The van der Waals surface area contributed by atoms with E-state index in [9.17, 15) is 13.2 Å². The molecule has 82 valence electrons. The van der Waals surface area contributed by atoms with Gasteiger partial charge in [-0.15, -0.1) is 0 Å². The highest BCUT2D eigenvalue weighted by atomic mass is 19.4. The number of halogens is 3. The normalized spacial score (nSPS) is 11.3. The number of hydrogen-bond acceptors (Lipinski definition) is 4. The van der Waals surface area contributed by atoms with E-state index < -0.39 is 11.7 Å². The molecule has 0 bridgehead atoms. The van der Waals surface area contributed by atoms with Crippen LogP contribution >= 0.6 is 0 Å². The Bertz CT molecular complexity index is 373. The van der Waals surface area contributed by atoms with Crippen LogP contribution in [0.15, 0.2) is 11.2 Å². The summed E-state index contributed by atoms with van der Waals surface area (Å²) < 4.78 is 37.5. The molecule has 7 heteroatoms. The SMILES string of the molecule is C=Nc1ncc(C(F)(F)F)c(N(C)C)n1. The van der Waals surface area contributed by atoms with E-state index in [2.05, 4.69) is 21.7 Å². The number of alkyl halides is 3. The highest BCUT2D eigenvalue weighted by Crippen LogP contribution is 2.34. The molecule has 1 heterocycles. The number of rotatable bonds is 2. The van der Waals surface area contributed by atoms with Gasteiger partial charge in [0.1, 0.15) is 11.4 Å². The fourth-order valence-electron chi connectivity index (χ4n) is 0.981. The van der Waals surface area contributed by atoms with Crippen molar-refractivity contribution in [3.63, 3.8) is 0 Å². The van der Waals surface area contributed by atoms with Gasteiger partial charge in [0, 0.05) is 20.3 Å². The maximum Gasteiger partial charge on any atom is 0.421 e. The van der Waals surface area contributed by atoms with Gasteiger partial charge in [-0.2, -0.15) is 18.2 Å². The zero-order chi connectivity index (χ0) is 11.6. The highest BCUT2D eigenvalue weighted by molar-refractivity contribution is 5.49. The molecule has 0 saturated heterocycles. The van der Waals surface area contributed by atoms with Crippen molar-refractivity contribution in [1.29, 1.82) is 0 Å². The smallest absolute Gasteiger partial charge is 0.362 e. The van der Waals surface area contributed by atoms with Crippen LogP contribution < -0.4 is 4.90 Å². The fraction of sp³-hybridized carbons (Fsp3) is 0.375. The Labute approximate surface area is 84.5 Å². The lowest BCUT2D eigenvalue weighted by atomic mass is 10.3. The molecule has 0 radical (unpaired) electrons. The Balaban J connectivity index is 3.34. The predicted molar refractivity (Wildman–Crippen MR) is 50.6 cm³/mol. The van der Waals surface area contributed by atoms with Gasteiger partial charge < -0.3 is 4.90 Å². The average molecular weight is 218 g/mol. The lowest BCUT2D eigenvalue weighted by Gasteiger charge is -2.17. The third kappa shape index (κ3) is 2.42. The van der Waals surface area contributed by atoms with E-state index >= 15 is 0 Å². The van der Waals surface area contributed by atoms with E-state index in [4.69, 9.17) is 0 Å². The number of anilines is 1. The Kier molecular flexibility index (Phi) is 2.92. The van der Waals surface area contributed by atoms with Crippen LogP contribution in [-0.4, -0.2) is 30.8 Å². The van der Waals surface area contributed by atoms with Crippen LogP contribution in [0.3, 0.4) is 0 Å². The van der Waals surface area contributed by atoms with Gasteiger partial charge in [-0.1, -0.05) is 0 Å². The number of aliphatic imine (C=N–C) groups is 1. The minimum Gasteiger partial charge on any atom is -0.362 e. The minimum absolute atomic E-state index is 0.0771. The largest absolute Gasteiger partial charge is 0.421 e. The summed E-state index contributed by atoms with van der Waals surface area (Å²) >= 11 is 0. The molecule has 4 nitrogen and oxygen atoms in total. The second-order valence-corrected chi connectivity index (χ2v) is 2.96. The van der Waals surface area contributed by atoms with Crippen molar-refractivity contribution in [2.45, 2.75) is 6.18 Å². The molecule has 0 saturated carbocycles. The van der Waals surface area contributed by atoms with E-state index in [-0.39, 0.29) is 11.8 Å². The van der Waals surface area contributed by atoms with Crippen molar-refractivity contribution < 1.29 is 13.2 Å². The summed E-state index contributed by atoms with van der Waals surface area (Å²) in [7, 11) is 2.93. The first-order chi connectivity index (χ1) is 6.86. The van der Waals surface area contributed by atoms with Crippen molar-refractivity contribution in [3.8, 4) is 0 Å². The molecule has 1 aromatic heterocycles. The Hall–Kier alpha value is -1.66. The molecule has 1 rings (SSSR count). The summed E-state index contributed by atoms with van der Waals surface area (Å²) in [5, 5.41) is 0. The van der Waals surface area contributed by atoms with Gasteiger partial charge in [0.25, 0.3) is 5.95 Å². The molecular formula is C8H9F3N4. The lowest BCUT2D eigenvalue weighted by Crippen LogP contribution is -2.18. The quantitative estimate of drug-likeness (QED) is 0.712. The Morgan fingerprint density at radius 3 is 2.40 bits per heavy atom. The fourth-order valence-corrected chi connectivity index (χ4v) is 0.981. The summed E-state index contributed by atoms with van der Waals surface area (Å²) in [6.45, 7) is 3.15. The molecule has 15 heavy (non-hydrogen) atoms. The van der Waals surface area contributed by atoms with Crippen molar-refractivity contribution in [1.82, 2.24) is 9.97 Å². The molecule has 0 fully saturated rings. The Morgan fingerprint density at radius 2 is 2.00 bits per heavy atom. The summed E-state index contributed by atoms with van der Waals surface area (Å²) in [5.41, 5.74) is -0.889. The summed E-state index contributed by atoms with van der Waals surface area (Å²) in [6, 6.07) is 0. The van der Waals surface area contributed by atoms with Crippen molar-refractivity contribution in [3.05, 3.63) is 11.8 Å². The van der Waals surface area contributed by atoms with Gasteiger partial charge in [-0.25, -0.2) is 9.98 Å². The minimum atomic E-state index is -4.47. The molecule has 0 aromatic carbocycles. The zero-order valence-corrected chi connectivity index (χ0v) is 8.21. The average Bonchev–Trinajstić information content (AvgIpc) is 2.15.